The zero-order chi connectivity index (χ0) is 9.26. The lowest BCUT2D eigenvalue weighted by atomic mass is 10.0. The summed E-state index contributed by atoms with van der Waals surface area (Å²) in [4.78, 5) is 26.1. The van der Waals surface area contributed by atoms with Crippen LogP contribution in [0.2, 0.25) is 0 Å². The molecule has 0 aliphatic carbocycles. The van der Waals surface area contributed by atoms with Gasteiger partial charge in [-0.15, -0.1) is 0 Å². The van der Waals surface area contributed by atoms with Crippen LogP contribution in [0.4, 0.5) is 0 Å². The largest absolute Gasteiger partial charge is 0.296 e. The molecule has 4 heteroatoms. The molecule has 1 atom stereocenters. The minimum atomic E-state index is -0.395. The number of pyridine rings is 1. The fourth-order valence-corrected chi connectivity index (χ4v) is 1.37. The van der Waals surface area contributed by atoms with Crippen LogP contribution < -0.4 is 5.32 Å². The molecule has 1 aliphatic rings. The number of hydrogen-bond donors (Lipinski definition) is 1. The van der Waals surface area contributed by atoms with Crippen LogP contribution in [0.25, 0.3) is 0 Å². The zero-order valence-corrected chi connectivity index (χ0v) is 6.86. The first kappa shape index (κ1) is 7.91. The molecule has 4 nitrogen and oxygen atoms in total. The number of amides is 2. The maximum absolute atomic E-state index is 11.2. The molecule has 2 amide bonds. The molecule has 1 aliphatic heterocycles. The summed E-state index contributed by atoms with van der Waals surface area (Å²) in [7, 11) is 0. The monoisotopic (exact) mass is 176 g/mol. The van der Waals surface area contributed by atoms with Crippen molar-refractivity contribution in [1.29, 1.82) is 0 Å². The van der Waals surface area contributed by atoms with Crippen molar-refractivity contribution in [2.24, 2.45) is 0 Å². The molecule has 1 N–H and O–H groups in total. The van der Waals surface area contributed by atoms with Gasteiger partial charge < -0.3 is 0 Å². The Hall–Kier alpha value is -1.71. The first-order valence-electron chi connectivity index (χ1n) is 4.02. The van der Waals surface area contributed by atoms with E-state index in [-0.39, 0.29) is 18.2 Å². The number of nitrogens with one attached hydrogen (secondary N) is 1. The van der Waals surface area contributed by atoms with Gasteiger partial charge in [-0.3, -0.25) is 19.9 Å². The van der Waals surface area contributed by atoms with Crippen molar-refractivity contribution in [2.75, 3.05) is 0 Å². The molecule has 1 unspecified atom stereocenters. The van der Waals surface area contributed by atoms with Gasteiger partial charge in [0.2, 0.25) is 11.8 Å². The number of carbonyl (C=O) groups is 2. The summed E-state index contributed by atoms with van der Waals surface area (Å²) in [6.07, 6.45) is 1.83. The number of nitrogens with zero attached hydrogens (tertiary/aromatic N) is 1. The van der Waals surface area contributed by atoms with Crippen LogP contribution in [0.3, 0.4) is 0 Å². The molecule has 2 rings (SSSR count). The topological polar surface area (TPSA) is 59.1 Å². The van der Waals surface area contributed by atoms with Gasteiger partial charge in [0.15, 0.2) is 0 Å². The lowest BCUT2D eigenvalue weighted by Gasteiger charge is -2.02. The lowest BCUT2D eigenvalue weighted by molar-refractivity contribution is -0.125. The average molecular weight is 176 g/mol. The minimum Gasteiger partial charge on any atom is -0.296 e. The smallest absolute Gasteiger partial charge is 0.236 e. The van der Waals surface area contributed by atoms with Crippen LogP contribution in [0, 0.1) is 0 Å². The van der Waals surface area contributed by atoms with E-state index in [0.29, 0.717) is 5.69 Å². The molecule has 1 saturated heterocycles. The van der Waals surface area contributed by atoms with E-state index < -0.39 is 5.92 Å². The highest BCUT2D eigenvalue weighted by atomic mass is 16.2. The van der Waals surface area contributed by atoms with Crippen molar-refractivity contribution < 1.29 is 9.59 Å². The van der Waals surface area contributed by atoms with Crippen LogP contribution in [0.1, 0.15) is 18.0 Å². The number of rotatable bonds is 1. The van der Waals surface area contributed by atoms with Crippen LogP contribution in [0.5, 0.6) is 0 Å². The molecule has 1 aromatic heterocycles. The normalized spacial score (nSPS) is 21.7. The van der Waals surface area contributed by atoms with Crippen molar-refractivity contribution in [3.63, 3.8) is 0 Å². The summed E-state index contributed by atoms with van der Waals surface area (Å²) in [5.74, 6) is -0.863. The van der Waals surface area contributed by atoms with Crippen molar-refractivity contribution in [3.8, 4) is 0 Å². The van der Waals surface area contributed by atoms with E-state index in [9.17, 15) is 9.59 Å². The van der Waals surface area contributed by atoms with Crippen molar-refractivity contribution >= 4 is 11.8 Å². The van der Waals surface area contributed by atoms with Gasteiger partial charge >= 0.3 is 0 Å². The third-order valence-electron chi connectivity index (χ3n) is 2.01. The van der Waals surface area contributed by atoms with Gasteiger partial charge in [-0.25, -0.2) is 0 Å². The Morgan fingerprint density at radius 2 is 2.23 bits per heavy atom. The van der Waals surface area contributed by atoms with Crippen molar-refractivity contribution in [3.05, 3.63) is 30.1 Å². The van der Waals surface area contributed by atoms with Crippen LogP contribution in [-0.4, -0.2) is 16.8 Å². The summed E-state index contributed by atoms with van der Waals surface area (Å²) < 4.78 is 0. The maximum atomic E-state index is 11.2. The highest BCUT2D eigenvalue weighted by molar-refractivity contribution is 6.05. The second-order valence-corrected chi connectivity index (χ2v) is 2.92. The summed E-state index contributed by atoms with van der Waals surface area (Å²) in [5, 5.41) is 2.25. The summed E-state index contributed by atoms with van der Waals surface area (Å²) >= 11 is 0. The van der Waals surface area contributed by atoms with Gasteiger partial charge in [0.05, 0.1) is 11.6 Å². The standard InChI is InChI=1S/C9H8N2O2/c12-8-5-6(9(13)11-8)7-3-1-2-4-10-7/h1-4,6H,5H2,(H,11,12,13). The zero-order valence-electron chi connectivity index (χ0n) is 6.86. The highest BCUT2D eigenvalue weighted by Gasteiger charge is 2.32. The molecular formula is C9H8N2O2. The number of carbonyl (C=O) groups excluding carboxylic acids is 2. The van der Waals surface area contributed by atoms with Gasteiger partial charge in [0.1, 0.15) is 0 Å². The fraction of sp³-hybridized carbons (Fsp3) is 0.222. The van der Waals surface area contributed by atoms with E-state index in [2.05, 4.69) is 10.3 Å². The Morgan fingerprint density at radius 1 is 1.38 bits per heavy atom. The third-order valence-corrected chi connectivity index (χ3v) is 2.01. The van der Waals surface area contributed by atoms with Crippen LogP contribution in [0.15, 0.2) is 24.4 Å². The van der Waals surface area contributed by atoms with Crippen molar-refractivity contribution in [1.82, 2.24) is 10.3 Å². The molecule has 1 aromatic rings. The molecule has 0 aromatic carbocycles. The Kier molecular flexibility index (Phi) is 1.81. The Balaban J connectivity index is 2.28. The fourth-order valence-electron chi connectivity index (χ4n) is 1.37. The summed E-state index contributed by atoms with van der Waals surface area (Å²) in [6, 6.07) is 5.33. The van der Waals surface area contributed by atoms with Crippen LogP contribution in [-0.2, 0) is 9.59 Å². The molecule has 1 fully saturated rings. The van der Waals surface area contributed by atoms with Gasteiger partial charge in [-0.05, 0) is 12.1 Å². The summed E-state index contributed by atoms with van der Waals surface area (Å²) in [5.41, 5.74) is 0.658. The Bertz CT molecular complexity index is 348. The molecule has 0 radical (unpaired) electrons. The lowest BCUT2D eigenvalue weighted by Crippen LogP contribution is -2.21. The molecule has 13 heavy (non-hydrogen) atoms. The summed E-state index contributed by atoms with van der Waals surface area (Å²) in [6.45, 7) is 0. The third kappa shape index (κ3) is 1.42. The van der Waals surface area contributed by atoms with E-state index in [1.54, 1.807) is 24.4 Å². The maximum Gasteiger partial charge on any atom is 0.236 e. The van der Waals surface area contributed by atoms with Gasteiger partial charge in [0.25, 0.3) is 0 Å². The minimum absolute atomic E-state index is 0.218. The second-order valence-electron chi connectivity index (χ2n) is 2.92. The number of hydrogen-bond acceptors (Lipinski definition) is 3. The van der Waals surface area contributed by atoms with Crippen LogP contribution >= 0.6 is 0 Å². The number of imide groups is 1. The van der Waals surface area contributed by atoms with E-state index in [0.717, 1.165) is 0 Å². The SMILES string of the molecule is O=C1CC(c2ccccn2)C(=O)N1. The number of aromatic nitrogens is 1. The van der Waals surface area contributed by atoms with Gasteiger partial charge in [-0.2, -0.15) is 0 Å². The molecule has 0 spiro atoms. The van der Waals surface area contributed by atoms with E-state index in [1.165, 1.54) is 0 Å². The van der Waals surface area contributed by atoms with E-state index in [1.807, 2.05) is 0 Å². The molecule has 2 heterocycles. The molecule has 0 saturated carbocycles. The quantitative estimate of drug-likeness (QED) is 0.622. The predicted octanol–water partition coefficient (Wildman–Crippen LogP) is 0.212. The Morgan fingerprint density at radius 3 is 2.77 bits per heavy atom. The first-order chi connectivity index (χ1) is 6.27. The second kappa shape index (κ2) is 2.97. The van der Waals surface area contributed by atoms with E-state index in [4.69, 9.17) is 0 Å². The molecule has 66 valence electrons. The van der Waals surface area contributed by atoms with E-state index >= 15 is 0 Å². The first-order valence-corrected chi connectivity index (χ1v) is 4.02. The highest BCUT2D eigenvalue weighted by Crippen LogP contribution is 2.21. The van der Waals surface area contributed by atoms with Gasteiger partial charge in [0, 0.05) is 12.6 Å². The van der Waals surface area contributed by atoms with Crippen molar-refractivity contribution in [2.45, 2.75) is 12.3 Å². The predicted molar refractivity (Wildman–Crippen MR) is 44.7 cm³/mol. The van der Waals surface area contributed by atoms with Gasteiger partial charge in [-0.1, -0.05) is 6.07 Å². The average Bonchev–Trinajstić information content (AvgIpc) is 2.47. The Labute approximate surface area is 75.0 Å². The molecule has 0 bridgehead atoms. The molecular weight excluding hydrogens is 168 g/mol.